The summed E-state index contributed by atoms with van der Waals surface area (Å²) in [6.07, 6.45) is 6.31. The van der Waals surface area contributed by atoms with Gasteiger partial charge in [0.1, 0.15) is 21.5 Å². The highest BCUT2D eigenvalue weighted by molar-refractivity contribution is 8.16. The summed E-state index contributed by atoms with van der Waals surface area (Å²) in [7, 11) is 0. The number of nitrogens with two attached hydrogens (primary N) is 1. The van der Waals surface area contributed by atoms with Gasteiger partial charge in [-0.25, -0.2) is 13.8 Å². The molecule has 1 aromatic carbocycles. The van der Waals surface area contributed by atoms with Crippen molar-refractivity contribution in [3.8, 4) is 0 Å². The molecular formula is C23H31F2N3OS. The van der Waals surface area contributed by atoms with Crippen LogP contribution in [0, 0.1) is 17.6 Å². The highest BCUT2D eigenvalue weighted by Crippen LogP contribution is 2.58. The predicted octanol–water partition coefficient (Wildman–Crippen LogP) is 5.60. The van der Waals surface area contributed by atoms with E-state index in [1.165, 1.54) is 29.3 Å². The number of thioether (sulfide) groups is 1. The second kappa shape index (κ2) is 10.4. The molecule has 0 radical (unpaired) electrons. The van der Waals surface area contributed by atoms with Crippen LogP contribution < -0.4 is 5.73 Å². The van der Waals surface area contributed by atoms with E-state index in [1.54, 1.807) is 0 Å². The molecule has 30 heavy (non-hydrogen) atoms. The summed E-state index contributed by atoms with van der Waals surface area (Å²) < 4.78 is 28.2. The first-order chi connectivity index (χ1) is 14.4. The van der Waals surface area contributed by atoms with Gasteiger partial charge in [-0.15, -0.1) is 0 Å². The van der Waals surface area contributed by atoms with Crippen LogP contribution in [0.2, 0.25) is 0 Å². The van der Waals surface area contributed by atoms with E-state index in [1.807, 2.05) is 32.9 Å². The summed E-state index contributed by atoms with van der Waals surface area (Å²) in [5, 5.41) is 6.24. The first-order valence-electron chi connectivity index (χ1n) is 10.5. The Morgan fingerprint density at radius 3 is 2.67 bits per heavy atom. The number of rotatable bonds is 5. The number of carbonyl (C=O) groups excluding carboxylic acids is 1. The minimum absolute atomic E-state index is 0.0467. The van der Waals surface area contributed by atoms with E-state index in [-0.39, 0.29) is 17.4 Å². The monoisotopic (exact) mass is 435 g/mol. The maximum Gasteiger partial charge on any atom is 0.241 e. The molecule has 164 valence electrons. The number of hydrazone groups is 1. The van der Waals surface area contributed by atoms with Crippen molar-refractivity contribution >= 4 is 22.7 Å². The fourth-order valence-corrected chi connectivity index (χ4v) is 5.76. The summed E-state index contributed by atoms with van der Waals surface area (Å²) in [5.74, 6) is -1.29. The third-order valence-corrected chi connectivity index (χ3v) is 6.84. The van der Waals surface area contributed by atoms with E-state index in [9.17, 15) is 13.6 Å². The van der Waals surface area contributed by atoms with E-state index in [0.717, 1.165) is 36.6 Å². The fraction of sp³-hybridized carbons (Fsp3) is 0.478. The molecule has 0 fully saturated rings. The van der Waals surface area contributed by atoms with Crippen molar-refractivity contribution in [2.24, 2.45) is 16.8 Å². The van der Waals surface area contributed by atoms with Crippen molar-refractivity contribution in [1.82, 2.24) is 5.01 Å². The summed E-state index contributed by atoms with van der Waals surface area (Å²) >= 11 is 1.33. The molecule has 0 saturated heterocycles. The molecule has 0 aromatic heterocycles. The van der Waals surface area contributed by atoms with Gasteiger partial charge >= 0.3 is 0 Å². The Bertz CT molecular complexity index is 881. The van der Waals surface area contributed by atoms with Gasteiger partial charge in [0.25, 0.3) is 0 Å². The van der Waals surface area contributed by atoms with Crippen molar-refractivity contribution in [2.45, 2.75) is 58.8 Å². The van der Waals surface area contributed by atoms with E-state index >= 15 is 0 Å². The second-order valence-electron chi connectivity index (χ2n) is 7.01. The normalized spacial score (nSPS) is 23.3. The zero-order valence-electron chi connectivity index (χ0n) is 18.3. The molecule has 1 aromatic rings. The lowest BCUT2D eigenvalue weighted by molar-refractivity contribution is -0.132. The predicted molar refractivity (Wildman–Crippen MR) is 121 cm³/mol. The van der Waals surface area contributed by atoms with Gasteiger partial charge < -0.3 is 5.73 Å². The largest absolute Gasteiger partial charge is 0.330 e. The lowest BCUT2D eigenvalue weighted by Gasteiger charge is -2.38. The van der Waals surface area contributed by atoms with Crippen molar-refractivity contribution < 1.29 is 13.6 Å². The van der Waals surface area contributed by atoms with Gasteiger partial charge in [0.05, 0.1) is 0 Å². The van der Waals surface area contributed by atoms with Crippen LogP contribution in [0.3, 0.4) is 0 Å². The van der Waals surface area contributed by atoms with Crippen LogP contribution in [0.4, 0.5) is 8.78 Å². The maximum atomic E-state index is 14.4. The molecular weight excluding hydrogens is 404 g/mol. The number of allylic oxidation sites excluding steroid dienone is 2. The Labute approximate surface area is 182 Å². The molecule has 0 saturated carbocycles. The van der Waals surface area contributed by atoms with Crippen molar-refractivity contribution in [2.75, 3.05) is 6.54 Å². The van der Waals surface area contributed by atoms with Crippen molar-refractivity contribution in [3.05, 3.63) is 58.7 Å². The molecule has 2 N–H and O–H groups in total. The highest BCUT2D eigenvalue weighted by Gasteiger charge is 2.57. The topological polar surface area (TPSA) is 58.7 Å². The average molecular weight is 436 g/mol. The molecule has 2 unspecified atom stereocenters. The van der Waals surface area contributed by atoms with Gasteiger partial charge in [0.2, 0.25) is 5.91 Å². The van der Waals surface area contributed by atoms with Gasteiger partial charge in [0, 0.05) is 18.4 Å². The average Bonchev–Trinajstić information content (AvgIpc) is 3.27. The van der Waals surface area contributed by atoms with Gasteiger partial charge in [-0.05, 0) is 56.5 Å². The summed E-state index contributed by atoms with van der Waals surface area (Å²) in [5.41, 5.74) is 8.22. The number of benzene rings is 1. The Kier molecular flexibility index (Phi) is 8.38. The second-order valence-corrected chi connectivity index (χ2v) is 8.22. The van der Waals surface area contributed by atoms with Crippen molar-refractivity contribution in [3.63, 3.8) is 0 Å². The number of hydrogen-bond acceptors (Lipinski definition) is 4. The van der Waals surface area contributed by atoms with E-state index in [4.69, 9.17) is 5.73 Å². The van der Waals surface area contributed by atoms with Gasteiger partial charge in [0.15, 0.2) is 0 Å². The molecule has 2 aliphatic rings. The van der Waals surface area contributed by atoms with Crippen molar-refractivity contribution in [1.29, 1.82) is 0 Å². The Hall–Kier alpha value is -1.99. The van der Waals surface area contributed by atoms with Crippen LogP contribution >= 0.6 is 11.8 Å². The maximum absolute atomic E-state index is 14.4. The zero-order chi connectivity index (χ0) is 22.5. The van der Waals surface area contributed by atoms with Crippen LogP contribution in [0.15, 0.2) is 46.6 Å². The van der Waals surface area contributed by atoms with E-state index < -0.39 is 16.5 Å². The number of halogens is 2. The lowest BCUT2D eigenvalue weighted by Crippen LogP contribution is -2.48. The minimum Gasteiger partial charge on any atom is -0.330 e. The van der Waals surface area contributed by atoms with Crippen LogP contribution in [0.25, 0.3) is 0 Å². The fourth-order valence-electron chi connectivity index (χ4n) is 4.13. The van der Waals surface area contributed by atoms with Gasteiger partial charge in [-0.2, -0.15) is 5.10 Å². The molecule has 1 amide bonds. The van der Waals surface area contributed by atoms with Crippen LogP contribution in [-0.4, -0.2) is 27.4 Å². The van der Waals surface area contributed by atoms with E-state index in [2.05, 4.69) is 12.0 Å². The summed E-state index contributed by atoms with van der Waals surface area (Å²) in [4.78, 5) is 11.8. The number of nitrogens with zero attached hydrogens (tertiary/aromatic N) is 2. The number of carbonyl (C=O) groups is 1. The first kappa shape index (κ1) is 24.3. The van der Waals surface area contributed by atoms with Gasteiger partial charge in [-0.3, -0.25) is 4.79 Å². The standard InChI is InChI=1S/C21H25F2N3OS.C2H6/c1-4-6-18-14(5-2)11-15(9-10-24)21(18)26(13(3)27)25-20(28-21)17-12-16(22)7-8-19(17)23;1-2/h4,6-8,12,15H,5,9-11,24H2,1-3H3;1-2H3/b6-4-;. The SMILES string of the molecule is C/C=C\C1=C(CC)CC(CCN)C12SC(c1cc(F)ccc1F)=NN2C(C)=O.CC. The molecule has 2 atom stereocenters. The lowest BCUT2D eigenvalue weighted by atomic mass is 9.93. The van der Waals surface area contributed by atoms with Gasteiger partial charge in [-0.1, -0.05) is 50.3 Å². The quantitative estimate of drug-likeness (QED) is 0.655. The zero-order valence-corrected chi connectivity index (χ0v) is 19.2. The number of amides is 1. The van der Waals surface area contributed by atoms with E-state index in [0.29, 0.717) is 18.0 Å². The Balaban J connectivity index is 0.00000155. The van der Waals surface area contributed by atoms with Crippen LogP contribution in [0.5, 0.6) is 0 Å². The smallest absolute Gasteiger partial charge is 0.241 e. The highest BCUT2D eigenvalue weighted by atomic mass is 32.2. The number of hydrogen-bond donors (Lipinski definition) is 1. The Morgan fingerprint density at radius 2 is 2.10 bits per heavy atom. The molecule has 4 nitrogen and oxygen atoms in total. The molecule has 1 aliphatic carbocycles. The molecule has 1 spiro atoms. The molecule has 3 rings (SSSR count). The molecule has 1 heterocycles. The summed E-state index contributed by atoms with van der Waals surface area (Å²) in [6.45, 7) is 9.94. The first-order valence-corrected chi connectivity index (χ1v) is 11.3. The minimum atomic E-state index is -0.781. The Morgan fingerprint density at radius 1 is 1.40 bits per heavy atom. The molecule has 0 bridgehead atoms. The molecule has 1 aliphatic heterocycles. The third-order valence-electron chi connectivity index (χ3n) is 5.30. The van der Waals surface area contributed by atoms with Crippen LogP contribution in [-0.2, 0) is 4.79 Å². The third kappa shape index (κ3) is 4.23. The molecule has 7 heteroatoms. The van der Waals surface area contributed by atoms with Crippen LogP contribution in [0.1, 0.15) is 59.4 Å². The summed E-state index contributed by atoms with van der Waals surface area (Å²) in [6, 6.07) is 3.29.